The normalized spacial score (nSPS) is 12.5. The molecular weight excluding hydrogens is 372 g/mol. The number of carbonyl (C=O) groups is 1. The molecule has 6 heteroatoms. The Morgan fingerprint density at radius 1 is 1.04 bits per heavy atom. The van der Waals surface area contributed by atoms with Crippen molar-refractivity contribution in [2.45, 2.75) is 26.0 Å². The number of hydrogen-bond donors (Lipinski definition) is 1. The summed E-state index contributed by atoms with van der Waals surface area (Å²) in [5.74, 6) is 0.407. The molecule has 1 N–H and O–H groups in total. The van der Waals surface area contributed by atoms with Crippen LogP contribution in [0.1, 0.15) is 46.1 Å². The average molecular weight is 397 g/mol. The molecule has 0 aliphatic heterocycles. The Hall–Kier alpha value is -2.86. The van der Waals surface area contributed by atoms with E-state index in [2.05, 4.69) is 4.98 Å². The maximum atomic E-state index is 13.2. The number of aromatic nitrogens is 1. The van der Waals surface area contributed by atoms with E-state index in [0.717, 1.165) is 5.56 Å². The van der Waals surface area contributed by atoms with E-state index in [9.17, 15) is 13.2 Å². The third-order valence-corrected chi connectivity index (χ3v) is 7.06. The van der Waals surface area contributed by atoms with E-state index in [0.29, 0.717) is 29.1 Å². The highest BCUT2D eigenvalue weighted by atomic mass is 32.2. The lowest BCUT2D eigenvalue weighted by Gasteiger charge is -2.25. The Labute approximate surface area is 166 Å². The van der Waals surface area contributed by atoms with Gasteiger partial charge in [0.1, 0.15) is 11.1 Å². The minimum Gasteiger partial charge on any atom is -0.348 e. The van der Waals surface area contributed by atoms with Crippen molar-refractivity contribution in [3.8, 4) is 0 Å². The SMILES string of the molecule is CCN(c1ccc[nH]1)S(=O)(=O)C(C)c1cccc(C(=O)c2ccc(C)cc2)c1. The second-order valence-electron chi connectivity index (χ2n) is 6.73. The van der Waals surface area contributed by atoms with Gasteiger partial charge >= 0.3 is 0 Å². The summed E-state index contributed by atoms with van der Waals surface area (Å²) in [6.45, 7) is 5.72. The molecule has 1 aromatic heterocycles. The van der Waals surface area contributed by atoms with Gasteiger partial charge in [-0.25, -0.2) is 8.42 Å². The summed E-state index contributed by atoms with van der Waals surface area (Å²) in [6, 6.07) is 17.7. The molecule has 146 valence electrons. The Bertz CT molecular complexity index is 1060. The van der Waals surface area contributed by atoms with E-state index in [1.807, 2.05) is 19.1 Å². The molecule has 1 unspecified atom stereocenters. The van der Waals surface area contributed by atoms with Gasteiger partial charge in [-0.15, -0.1) is 0 Å². The van der Waals surface area contributed by atoms with Crippen molar-refractivity contribution in [1.29, 1.82) is 0 Å². The summed E-state index contributed by atoms with van der Waals surface area (Å²) in [5.41, 5.74) is 2.73. The molecular formula is C22H24N2O3S. The molecule has 3 aromatic rings. The minimum absolute atomic E-state index is 0.122. The monoisotopic (exact) mass is 396 g/mol. The standard InChI is InChI=1S/C22H24N2O3S/c1-4-24(21-9-6-14-23-21)28(26,27)17(3)19-7-5-8-20(15-19)22(25)18-12-10-16(2)11-13-18/h5-15,17,23H,4H2,1-3H3. The van der Waals surface area contributed by atoms with E-state index in [1.165, 1.54) is 4.31 Å². The Kier molecular flexibility index (Phi) is 5.70. The van der Waals surface area contributed by atoms with Crippen molar-refractivity contribution in [2.75, 3.05) is 10.8 Å². The molecule has 0 saturated heterocycles. The number of carbonyl (C=O) groups excluding carboxylic acids is 1. The molecule has 0 amide bonds. The Morgan fingerprint density at radius 2 is 1.75 bits per heavy atom. The van der Waals surface area contributed by atoms with Crippen LogP contribution in [-0.2, 0) is 10.0 Å². The predicted octanol–water partition coefficient (Wildman–Crippen LogP) is 4.47. The van der Waals surface area contributed by atoms with E-state index in [1.54, 1.807) is 68.6 Å². The third kappa shape index (κ3) is 3.87. The number of benzene rings is 2. The lowest BCUT2D eigenvalue weighted by molar-refractivity contribution is 0.103. The fraction of sp³-hybridized carbons (Fsp3) is 0.227. The molecule has 2 aromatic carbocycles. The molecule has 0 aliphatic rings. The smallest absolute Gasteiger partial charge is 0.243 e. The highest BCUT2D eigenvalue weighted by Crippen LogP contribution is 2.29. The van der Waals surface area contributed by atoms with Gasteiger partial charge in [0.15, 0.2) is 5.78 Å². The topological polar surface area (TPSA) is 70.2 Å². The molecule has 0 bridgehead atoms. The van der Waals surface area contributed by atoms with Crippen molar-refractivity contribution in [1.82, 2.24) is 4.98 Å². The van der Waals surface area contributed by atoms with Gasteiger partial charge < -0.3 is 4.98 Å². The van der Waals surface area contributed by atoms with Crippen LogP contribution in [0.4, 0.5) is 5.82 Å². The summed E-state index contributed by atoms with van der Waals surface area (Å²) in [4.78, 5) is 15.7. The number of ketones is 1. The largest absolute Gasteiger partial charge is 0.348 e. The van der Waals surface area contributed by atoms with Crippen LogP contribution in [-0.4, -0.2) is 25.7 Å². The van der Waals surface area contributed by atoms with Crippen molar-refractivity contribution < 1.29 is 13.2 Å². The van der Waals surface area contributed by atoms with Gasteiger partial charge in [0, 0.05) is 23.9 Å². The summed E-state index contributed by atoms with van der Waals surface area (Å²) < 4.78 is 27.7. The van der Waals surface area contributed by atoms with E-state index < -0.39 is 15.3 Å². The molecule has 5 nitrogen and oxygen atoms in total. The first-order valence-electron chi connectivity index (χ1n) is 9.21. The first kappa shape index (κ1) is 19.9. The van der Waals surface area contributed by atoms with Crippen LogP contribution in [0, 0.1) is 6.92 Å². The van der Waals surface area contributed by atoms with Crippen molar-refractivity contribution in [3.63, 3.8) is 0 Å². The average Bonchev–Trinajstić information content (AvgIpc) is 3.22. The fourth-order valence-electron chi connectivity index (χ4n) is 3.13. The number of nitrogens with one attached hydrogen (secondary N) is 1. The van der Waals surface area contributed by atoms with Gasteiger partial charge in [0.05, 0.1) is 0 Å². The minimum atomic E-state index is -3.65. The van der Waals surface area contributed by atoms with Gasteiger partial charge in [-0.1, -0.05) is 48.0 Å². The molecule has 28 heavy (non-hydrogen) atoms. The van der Waals surface area contributed by atoms with Crippen LogP contribution in [0.3, 0.4) is 0 Å². The van der Waals surface area contributed by atoms with Crippen molar-refractivity contribution in [3.05, 3.63) is 89.1 Å². The summed E-state index contributed by atoms with van der Waals surface area (Å²) in [7, 11) is -3.65. The summed E-state index contributed by atoms with van der Waals surface area (Å²) in [6.07, 6.45) is 1.69. The second kappa shape index (κ2) is 8.02. The van der Waals surface area contributed by atoms with Gasteiger partial charge in [-0.3, -0.25) is 9.10 Å². The first-order chi connectivity index (χ1) is 13.3. The van der Waals surface area contributed by atoms with Crippen molar-refractivity contribution in [2.24, 2.45) is 0 Å². The zero-order valence-corrected chi connectivity index (χ0v) is 17.0. The van der Waals surface area contributed by atoms with E-state index >= 15 is 0 Å². The quantitative estimate of drug-likeness (QED) is 0.599. The number of H-pyrrole nitrogens is 1. The predicted molar refractivity (Wildman–Crippen MR) is 112 cm³/mol. The molecule has 0 fully saturated rings. The van der Waals surface area contributed by atoms with E-state index in [4.69, 9.17) is 0 Å². The van der Waals surface area contributed by atoms with Crippen LogP contribution in [0.5, 0.6) is 0 Å². The van der Waals surface area contributed by atoms with Gasteiger partial charge in [-0.2, -0.15) is 0 Å². The van der Waals surface area contributed by atoms with Crippen LogP contribution < -0.4 is 4.31 Å². The molecule has 1 heterocycles. The lowest BCUT2D eigenvalue weighted by atomic mass is 10.00. The number of hydrogen-bond acceptors (Lipinski definition) is 3. The summed E-state index contributed by atoms with van der Waals surface area (Å²) >= 11 is 0. The molecule has 0 aliphatic carbocycles. The molecule has 0 radical (unpaired) electrons. The number of nitrogens with zero attached hydrogens (tertiary/aromatic N) is 1. The number of sulfonamides is 1. The Balaban J connectivity index is 1.92. The number of aryl methyl sites for hydroxylation is 1. The highest BCUT2D eigenvalue weighted by molar-refractivity contribution is 7.93. The van der Waals surface area contributed by atoms with Gasteiger partial charge in [-0.05, 0) is 44.5 Å². The van der Waals surface area contributed by atoms with E-state index in [-0.39, 0.29) is 5.78 Å². The molecule has 3 rings (SSSR count). The summed E-state index contributed by atoms with van der Waals surface area (Å²) in [5, 5.41) is -0.790. The maximum Gasteiger partial charge on any atom is 0.243 e. The Morgan fingerprint density at radius 3 is 2.36 bits per heavy atom. The molecule has 0 saturated carbocycles. The van der Waals surface area contributed by atoms with Crippen LogP contribution in [0.25, 0.3) is 0 Å². The zero-order valence-electron chi connectivity index (χ0n) is 16.2. The first-order valence-corrected chi connectivity index (χ1v) is 10.7. The highest BCUT2D eigenvalue weighted by Gasteiger charge is 2.30. The third-order valence-electron chi connectivity index (χ3n) is 4.82. The van der Waals surface area contributed by atoms with Crippen LogP contribution >= 0.6 is 0 Å². The number of anilines is 1. The fourth-order valence-corrected chi connectivity index (χ4v) is 4.75. The molecule has 1 atom stereocenters. The van der Waals surface area contributed by atoms with Crippen molar-refractivity contribution >= 4 is 21.6 Å². The van der Waals surface area contributed by atoms with Crippen LogP contribution in [0.2, 0.25) is 0 Å². The second-order valence-corrected chi connectivity index (χ2v) is 8.91. The maximum absolute atomic E-state index is 13.2. The lowest BCUT2D eigenvalue weighted by Crippen LogP contribution is -2.34. The number of rotatable bonds is 7. The van der Waals surface area contributed by atoms with Gasteiger partial charge in [0.25, 0.3) is 0 Å². The number of aromatic amines is 1. The van der Waals surface area contributed by atoms with Gasteiger partial charge in [0.2, 0.25) is 10.0 Å². The molecule has 0 spiro atoms. The van der Waals surface area contributed by atoms with Crippen LogP contribution in [0.15, 0.2) is 66.9 Å². The zero-order chi connectivity index (χ0) is 20.3.